The second kappa shape index (κ2) is 13.2. The average molecular weight is 532 g/mol. The van der Waals surface area contributed by atoms with E-state index in [0.717, 1.165) is 30.1 Å². The Hall–Kier alpha value is -3.47. The molecular weight excluding hydrogens is 497 g/mol. The molecule has 4 rings (SSSR count). The highest BCUT2D eigenvalue weighted by molar-refractivity contribution is 7.10. The lowest BCUT2D eigenvalue weighted by atomic mass is 10.1. The number of nitrogens with one attached hydrogen (secondary N) is 3. The fourth-order valence-electron chi connectivity index (χ4n) is 4.54. The fraction of sp³-hybridized carbons (Fsp3) is 0.462. The molecule has 2 aliphatic rings. The van der Waals surface area contributed by atoms with Crippen molar-refractivity contribution in [1.29, 1.82) is 5.41 Å². The summed E-state index contributed by atoms with van der Waals surface area (Å²) in [4.78, 5) is 37.4. The molecule has 200 valence electrons. The van der Waals surface area contributed by atoms with E-state index in [2.05, 4.69) is 17.6 Å². The summed E-state index contributed by atoms with van der Waals surface area (Å²) >= 11 is 0.824. The lowest BCUT2D eigenvalue weighted by Gasteiger charge is -2.27. The monoisotopic (exact) mass is 531 g/mol. The van der Waals surface area contributed by atoms with Crippen molar-refractivity contribution in [2.75, 3.05) is 13.2 Å². The number of nitrogen functional groups attached to an aromatic ring is 1. The first kappa shape index (κ1) is 28.1. The van der Waals surface area contributed by atoms with Gasteiger partial charge < -0.3 is 26.0 Å². The zero-order valence-corrected chi connectivity index (χ0v) is 21.9. The van der Waals surface area contributed by atoms with Gasteiger partial charge in [0, 0.05) is 10.9 Å². The molecule has 1 aromatic carbocycles. The lowest BCUT2D eigenvalue weighted by Crippen LogP contribution is -2.50. The summed E-state index contributed by atoms with van der Waals surface area (Å²) in [5, 5.41) is 11.8. The molecule has 4 atom stereocenters. The van der Waals surface area contributed by atoms with Crippen LogP contribution in [-0.4, -0.2) is 54.2 Å². The summed E-state index contributed by atoms with van der Waals surface area (Å²) in [5.41, 5.74) is 5.32. The molecule has 2 heterocycles. The summed E-state index contributed by atoms with van der Waals surface area (Å²) in [5.74, 6) is 0.678. The maximum absolute atomic E-state index is 13.7. The Kier molecular flexibility index (Phi) is 10.0. The van der Waals surface area contributed by atoms with E-state index >= 15 is 0 Å². The van der Waals surface area contributed by atoms with Crippen molar-refractivity contribution in [3.8, 4) is 5.75 Å². The van der Waals surface area contributed by atoms with Crippen molar-refractivity contribution in [2.24, 2.45) is 17.6 Å². The number of nitrogens with zero attached hydrogens (tertiary/aromatic N) is 1. The summed E-state index contributed by atoms with van der Waals surface area (Å²) in [7, 11) is 0. The van der Waals surface area contributed by atoms with Gasteiger partial charge >= 0.3 is 0 Å². The van der Waals surface area contributed by atoms with Gasteiger partial charge in [0.1, 0.15) is 17.6 Å². The van der Waals surface area contributed by atoms with E-state index in [9.17, 15) is 18.8 Å². The van der Waals surface area contributed by atoms with Gasteiger partial charge in [-0.2, -0.15) is 4.39 Å². The zero-order chi connectivity index (χ0) is 26.9. The van der Waals surface area contributed by atoms with Crippen molar-refractivity contribution >= 4 is 35.4 Å². The number of unbranched alkanes of at least 4 members (excludes halogenated alkanes) is 1. The maximum atomic E-state index is 13.7. The number of ether oxygens (including phenoxy) is 1. The van der Waals surface area contributed by atoms with Crippen LogP contribution in [0.5, 0.6) is 5.75 Å². The zero-order valence-electron chi connectivity index (χ0n) is 21.0. The van der Waals surface area contributed by atoms with Gasteiger partial charge in [0.25, 0.3) is 0 Å². The predicted molar refractivity (Wildman–Crippen MR) is 140 cm³/mol. The van der Waals surface area contributed by atoms with Crippen molar-refractivity contribution in [1.82, 2.24) is 15.5 Å². The normalized spacial score (nSPS) is 21.2. The average Bonchev–Trinajstić information content (AvgIpc) is 3.21. The highest BCUT2D eigenvalue weighted by atomic mass is 32.1. The van der Waals surface area contributed by atoms with Crippen molar-refractivity contribution in [3.63, 3.8) is 0 Å². The van der Waals surface area contributed by atoms with Gasteiger partial charge in [-0.25, -0.2) is 0 Å². The van der Waals surface area contributed by atoms with Crippen LogP contribution in [0.3, 0.4) is 0 Å². The molecule has 37 heavy (non-hydrogen) atoms. The SMILES string of the molecule is CC1C2CC(C(=O)NCc3cc(C(=N)N)c(F)s3)N(C(=O)CNC=O)C12.CCCCOc1ccccc1. The van der Waals surface area contributed by atoms with E-state index in [4.69, 9.17) is 15.9 Å². The Morgan fingerprint density at radius 2 is 2.05 bits per heavy atom. The molecule has 1 aliphatic heterocycles. The number of nitrogens with two attached hydrogens (primary N) is 1. The number of amidine groups is 1. The van der Waals surface area contributed by atoms with Gasteiger partial charge in [0.2, 0.25) is 18.2 Å². The molecule has 2 aromatic rings. The molecule has 0 spiro atoms. The smallest absolute Gasteiger partial charge is 0.243 e. The summed E-state index contributed by atoms with van der Waals surface area (Å²) in [6.45, 7) is 4.99. The second-order valence-corrected chi connectivity index (χ2v) is 10.2. The van der Waals surface area contributed by atoms with Gasteiger partial charge in [-0.3, -0.25) is 19.8 Å². The molecule has 1 aromatic heterocycles. The van der Waals surface area contributed by atoms with Crippen LogP contribution in [0.2, 0.25) is 0 Å². The van der Waals surface area contributed by atoms with Crippen LogP contribution in [0.25, 0.3) is 0 Å². The Morgan fingerprint density at radius 1 is 1.32 bits per heavy atom. The first-order valence-electron chi connectivity index (χ1n) is 12.3. The number of rotatable bonds is 11. The van der Waals surface area contributed by atoms with Gasteiger partial charge in [0.05, 0.1) is 25.3 Å². The Balaban J connectivity index is 0.000000289. The van der Waals surface area contributed by atoms with E-state index in [0.29, 0.717) is 29.5 Å². The summed E-state index contributed by atoms with van der Waals surface area (Å²) in [6.07, 6.45) is 3.36. The minimum atomic E-state index is -0.584. The first-order valence-corrected chi connectivity index (χ1v) is 13.2. The minimum absolute atomic E-state index is 0.0203. The third-order valence-electron chi connectivity index (χ3n) is 6.57. The number of thiophene rings is 1. The number of para-hydroxylation sites is 1. The number of carbonyl (C=O) groups excluding carboxylic acids is 3. The van der Waals surface area contributed by atoms with Crippen molar-refractivity contribution < 1.29 is 23.5 Å². The summed E-state index contributed by atoms with van der Waals surface area (Å²) in [6, 6.07) is 10.8. The molecular formula is C26H34FN5O4S. The number of hydrogen-bond acceptors (Lipinski definition) is 6. The molecule has 11 heteroatoms. The van der Waals surface area contributed by atoms with Crippen molar-refractivity contribution in [3.05, 3.63) is 52.0 Å². The van der Waals surface area contributed by atoms with E-state index in [1.54, 1.807) is 4.90 Å². The molecule has 4 unspecified atom stereocenters. The first-order chi connectivity index (χ1) is 17.8. The number of carbonyl (C=O) groups is 3. The highest BCUT2D eigenvalue weighted by Gasteiger charge is 2.61. The van der Waals surface area contributed by atoms with Crippen LogP contribution in [0.1, 0.15) is 43.6 Å². The Morgan fingerprint density at radius 3 is 2.68 bits per heavy atom. The number of halogens is 1. The number of amides is 3. The van der Waals surface area contributed by atoms with Gasteiger partial charge in [0.15, 0.2) is 5.13 Å². The van der Waals surface area contributed by atoms with Crippen LogP contribution < -0.4 is 21.1 Å². The molecule has 5 N–H and O–H groups in total. The fourth-order valence-corrected chi connectivity index (χ4v) is 5.37. The molecule has 0 bridgehead atoms. The third-order valence-corrected chi connectivity index (χ3v) is 7.49. The minimum Gasteiger partial charge on any atom is -0.494 e. The maximum Gasteiger partial charge on any atom is 0.243 e. The molecule has 1 saturated heterocycles. The second-order valence-electron chi connectivity index (χ2n) is 9.11. The van der Waals surface area contributed by atoms with Crippen LogP contribution in [0.4, 0.5) is 4.39 Å². The largest absolute Gasteiger partial charge is 0.494 e. The lowest BCUT2D eigenvalue weighted by molar-refractivity contribution is -0.139. The van der Waals surface area contributed by atoms with Crippen molar-refractivity contribution in [2.45, 2.75) is 51.7 Å². The quantitative estimate of drug-likeness (QED) is 0.153. The van der Waals surface area contributed by atoms with E-state index < -0.39 is 11.2 Å². The number of piperidine rings is 1. The topological polar surface area (TPSA) is 138 Å². The number of hydrogen-bond donors (Lipinski definition) is 4. The van der Waals surface area contributed by atoms with Gasteiger partial charge in [-0.1, -0.05) is 38.5 Å². The number of benzene rings is 1. The van der Waals surface area contributed by atoms with Gasteiger partial charge in [-0.15, -0.1) is 11.3 Å². The summed E-state index contributed by atoms with van der Waals surface area (Å²) < 4.78 is 19.1. The van der Waals surface area contributed by atoms with Crippen LogP contribution >= 0.6 is 11.3 Å². The molecule has 1 aliphatic carbocycles. The Bertz CT molecular complexity index is 1100. The highest BCUT2D eigenvalue weighted by Crippen LogP contribution is 2.53. The third kappa shape index (κ3) is 7.28. The Labute approximate surface area is 220 Å². The molecule has 9 nitrogen and oxygen atoms in total. The van der Waals surface area contributed by atoms with Crippen LogP contribution in [0.15, 0.2) is 36.4 Å². The molecule has 3 amide bonds. The standard InChI is InChI=1S/C16H20FN5O3S.C10H14O/c1-7-9-3-11(22(13(7)9)12(24)5-20-6-23)16(25)21-4-8-2-10(15(18)19)14(17)26-8;1-2-3-9-11-10-7-5-4-6-8-10/h2,6-7,9,11,13H,3-5H2,1H3,(H3,18,19)(H,20,23)(H,21,25);4-8H,2-3,9H2,1H3. The van der Waals surface area contributed by atoms with Gasteiger partial charge in [-0.05, 0) is 42.9 Å². The molecule has 0 radical (unpaired) electrons. The molecule has 2 fully saturated rings. The number of fused-ring (bicyclic) bond motifs is 1. The molecule has 1 saturated carbocycles. The van der Waals surface area contributed by atoms with E-state index in [1.165, 1.54) is 12.5 Å². The van der Waals surface area contributed by atoms with E-state index in [1.807, 2.05) is 37.3 Å². The van der Waals surface area contributed by atoms with Crippen LogP contribution in [-0.2, 0) is 20.9 Å². The number of likely N-dealkylation sites (tertiary alicyclic amines) is 1. The van der Waals surface area contributed by atoms with Crippen LogP contribution in [0, 0.1) is 22.4 Å². The predicted octanol–water partition coefficient (Wildman–Crippen LogP) is 2.63. The van der Waals surface area contributed by atoms with E-state index in [-0.39, 0.29) is 42.3 Å².